The van der Waals surface area contributed by atoms with Crippen molar-refractivity contribution >= 4 is 11.8 Å². The number of likely N-dealkylation sites (tertiary alicyclic amines) is 2. The van der Waals surface area contributed by atoms with Crippen LogP contribution in [0.5, 0.6) is 0 Å². The molecular weight excluding hydrogens is 294 g/mol. The van der Waals surface area contributed by atoms with Gasteiger partial charge in [0.25, 0.3) is 11.8 Å². The lowest BCUT2D eigenvalue weighted by Crippen LogP contribution is -2.57. The van der Waals surface area contributed by atoms with Crippen LogP contribution >= 0.6 is 0 Å². The van der Waals surface area contributed by atoms with Gasteiger partial charge in [-0.05, 0) is 19.4 Å². The monoisotopic (exact) mass is 312 g/mol. The number of hydrogen-bond donors (Lipinski definition) is 0. The molecule has 3 heterocycles. The van der Waals surface area contributed by atoms with Gasteiger partial charge in [-0.15, -0.1) is 0 Å². The molecule has 7 heteroatoms. The summed E-state index contributed by atoms with van der Waals surface area (Å²) in [5.41, 5.74) is -0.574. The average Bonchev–Trinajstić information content (AvgIpc) is 2.96. The molecule has 0 N–H and O–H groups in total. The number of carbonyl (C=O) groups excluding carboxylic acids is 2. The van der Waals surface area contributed by atoms with Gasteiger partial charge in [-0.1, -0.05) is 0 Å². The van der Waals surface area contributed by atoms with Gasteiger partial charge in [-0.25, -0.2) is 8.78 Å². The predicted molar refractivity (Wildman–Crippen MR) is 73.6 cm³/mol. The fourth-order valence-electron chi connectivity index (χ4n) is 3.49. The van der Waals surface area contributed by atoms with E-state index < -0.39 is 30.2 Å². The molecular formula is C15H18F2N2O3. The van der Waals surface area contributed by atoms with Crippen molar-refractivity contribution < 1.29 is 22.8 Å². The van der Waals surface area contributed by atoms with E-state index in [1.54, 1.807) is 20.0 Å². The van der Waals surface area contributed by atoms with Crippen molar-refractivity contribution in [3.63, 3.8) is 0 Å². The number of rotatable bonds is 1. The van der Waals surface area contributed by atoms with E-state index in [2.05, 4.69) is 0 Å². The van der Waals surface area contributed by atoms with Crippen LogP contribution < -0.4 is 0 Å². The molecule has 2 saturated heterocycles. The Hall–Kier alpha value is -1.92. The lowest BCUT2D eigenvalue weighted by molar-refractivity contribution is -0.150. The molecule has 22 heavy (non-hydrogen) atoms. The van der Waals surface area contributed by atoms with Gasteiger partial charge in [-0.2, -0.15) is 0 Å². The van der Waals surface area contributed by atoms with Crippen LogP contribution in [0.2, 0.25) is 0 Å². The minimum atomic E-state index is -3.07. The second-order valence-electron chi connectivity index (χ2n) is 6.38. The predicted octanol–water partition coefficient (Wildman–Crippen LogP) is 1.92. The van der Waals surface area contributed by atoms with E-state index in [-0.39, 0.29) is 18.2 Å². The van der Waals surface area contributed by atoms with Crippen LogP contribution in [0.3, 0.4) is 0 Å². The zero-order valence-corrected chi connectivity index (χ0v) is 12.6. The Bertz CT molecular complexity index is 628. The Morgan fingerprint density at radius 3 is 2.64 bits per heavy atom. The molecule has 1 aromatic rings. The smallest absolute Gasteiger partial charge is 0.290 e. The van der Waals surface area contributed by atoms with Gasteiger partial charge in [-0.3, -0.25) is 9.59 Å². The molecule has 3 rings (SSSR count). The Morgan fingerprint density at radius 2 is 2.09 bits per heavy atom. The van der Waals surface area contributed by atoms with Gasteiger partial charge in [0, 0.05) is 32.1 Å². The summed E-state index contributed by atoms with van der Waals surface area (Å²) in [7, 11) is 1.60. The van der Waals surface area contributed by atoms with E-state index in [0.29, 0.717) is 18.5 Å². The third-order valence-electron chi connectivity index (χ3n) is 4.58. The van der Waals surface area contributed by atoms with Crippen molar-refractivity contribution in [1.82, 2.24) is 9.80 Å². The number of carbonyl (C=O) groups is 2. The first-order valence-electron chi connectivity index (χ1n) is 7.21. The number of hydrogen-bond acceptors (Lipinski definition) is 3. The SMILES string of the molecule is Cc1ccoc1C(=O)N1CC(F)(F)CC2(CCN(C)C2=O)C1. The summed E-state index contributed by atoms with van der Waals surface area (Å²) < 4.78 is 33.4. The fraction of sp³-hybridized carbons (Fsp3) is 0.600. The first kappa shape index (κ1) is 15.0. The summed E-state index contributed by atoms with van der Waals surface area (Å²) in [5.74, 6) is -3.90. The molecule has 0 saturated carbocycles. The highest BCUT2D eigenvalue weighted by atomic mass is 19.3. The number of alkyl halides is 2. The quantitative estimate of drug-likeness (QED) is 0.796. The Kier molecular flexibility index (Phi) is 3.27. The standard InChI is InChI=1S/C15H18F2N2O3/c1-10-3-6-22-11(10)12(20)19-8-14(7-15(16,17)9-19)4-5-18(2)13(14)21/h3,6H,4-5,7-9H2,1-2H3. The van der Waals surface area contributed by atoms with Gasteiger partial charge < -0.3 is 14.2 Å². The molecule has 0 bridgehead atoms. The molecule has 0 radical (unpaired) electrons. The van der Waals surface area contributed by atoms with Crippen molar-refractivity contribution in [2.24, 2.45) is 5.41 Å². The highest BCUT2D eigenvalue weighted by Gasteiger charge is 2.57. The second-order valence-corrected chi connectivity index (χ2v) is 6.38. The molecule has 1 aromatic heterocycles. The molecule has 2 aliphatic rings. The molecule has 0 aliphatic carbocycles. The van der Waals surface area contributed by atoms with Crippen molar-refractivity contribution in [1.29, 1.82) is 0 Å². The van der Waals surface area contributed by atoms with E-state index >= 15 is 0 Å². The van der Waals surface area contributed by atoms with Crippen LogP contribution in [0.4, 0.5) is 8.78 Å². The Balaban J connectivity index is 1.91. The molecule has 5 nitrogen and oxygen atoms in total. The highest BCUT2D eigenvalue weighted by molar-refractivity contribution is 5.94. The first-order valence-corrected chi connectivity index (χ1v) is 7.21. The van der Waals surface area contributed by atoms with Crippen LogP contribution in [-0.4, -0.2) is 54.2 Å². The van der Waals surface area contributed by atoms with Gasteiger partial charge in [0.15, 0.2) is 5.76 Å². The van der Waals surface area contributed by atoms with E-state index in [1.807, 2.05) is 0 Å². The van der Waals surface area contributed by atoms with E-state index in [1.165, 1.54) is 11.2 Å². The summed E-state index contributed by atoms with van der Waals surface area (Å²) >= 11 is 0. The Morgan fingerprint density at radius 1 is 1.36 bits per heavy atom. The van der Waals surface area contributed by atoms with E-state index in [4.69, 9.17) is 4.42 Å². The van der Waals surface area contributed by atoms with Gasteiger partial charge in [0.1, 0.15) is 0 Å². The lowest BCUT2D eigenvalue weighted by Gasteiger charge is -2.42. The van der Waals surface area contributed by atoms with E-state index in [0.717, 1.165) is 4.90 Å². The fourth-order valence-corrected chi connectivity index (χ4v) is 3.49. The average molecular weight is 312 g/mol. The maximum atomic E-state index is 14.2. The molecule has 1 unspecified atom stereocenters. The third-order valence-corrected chi connectivity index (χ3v) is 4.58. The summed E-state index contributed by atoms with van der Waals surface area (Å²) in [6.45, 7) is 1.47. The maximum Gasteiger partial charge on any atom is 0.290 e. The van der Waals surface area contributed by atoms with Gasteiger partial charge in [0.2, 0.25) is 5.91 Å². The number of halogens is 2. The number of furan rings is 1. The zero-order chi connectivity index (χ0) is 16.1. The molecule has 120 valence electrons. The molecule has 2 fully saturated rings. The first-order chi connectivity index (χ1) is 10.2. The molecule has 2 amide bonds. The molecule has 1 atom stereocenters. The summed E-state index contributed by atoms with van der Waals surface area (Å²) in [5, 5.41) is 0. The van der Waals surface area contributed by atoms with Crippen LogP contribution in [-0.2, 0) is 4.79 Å². The molecule has 1 spiro atoms. The Labute approximate surface area is 126 Å². The number of nitrogens with zero attached hydrogens (tertiary/aromatic N) is 2. The van der Waals surface area contributed by atoms with Crippen LogP contribution in [0.25, 0.3) is 0 Å². The maximum absolute atomic E-state index is 14.2. The number of piperidine rings is 1. The van der Waals surface area contributed by atoms with Gasteiger partial charge >= 0.3 is 0 Å². The second kappa shape index (κ2) is 4.79. The summed E-state index contributed by atoms with van der Waals surface area (Å²) in [6, 6.07) is 1.61. The minimum Gasteiger partial charge on any atom is -0.459 e. The lowest BCUT2D eigenvalue weighted by atomic mass is 9.77. The highest BCUT2D eigenvalue weighted by Crippen LogP contribution is 2.45. The van der Waals surface area contributed by atoms with Crippen LogP contribution in [0.1, 0.15) is 29.0 Å². The molecule has 2 aliphatic heterocycles. The topological polar surface area (TPSA) is 53.8 Å². The van der Waals surface area contributed by atoms with Crippen molar-refractivity contribution in [2.75, 3.05) is 26.7 Å². The normalized spacial score (nSPS) is 27.7. The minimum absolute atomic E-state index is 0.0186. The number of amides is 2. The summed E-state index contributed by atoms with van der Waals surface area (Å²) in [4.78, 5) is 27.3. The third kappa shape index (κ3) is 2.28. The number of aryl methyl sites for hydroxylation is 1. The largest absolute Gasteiger partial charge is 0.459 e. The van der Waals surface area contributed by atoms with Crippen molar-refractivity contribution in [3.05, 3.63) is 23.7 Å². The van der Waals surface area contributed by atoms with Crippen molar-refractivity contribution in [2.45, 2.75) is 25.7 Å². The van der Waals surface area contributed by atoms with Gasteiger partial charge in [0.05, 0.1) is 18.2 Å². The summed E-state index contributed by atoms with van der Waals surface area (Å²) in [6.07, 6.45) is 1.21. The van der Waals surface area contributed by atoms with E-state index in [9.17, 15) is 18.4 Å². The van der Waals surface area contributed by atoms with Crippen molar-refractivity contribution in [3.8, 4) is 0 Å². The van der Waals surface area contributed by atoms with Crippen LogP contribution in [0.15, 0.2) is 16.7 Å². The zero-order valence-electron chi connectivity index (χ0n) is 12.6. The molecule has 0 aromatic carbocycles. The van der Waals surface area contributed by atoms with Crippen LogP contribution in [0, 0.1) is 12.3 Å².